The summed E-state index contributed by atoms with van der Waals surface area (Å²) >= 11 is 3.46. The van der Waals surface area contributed by atoms with Gasteiger partial charge in [-0.05, 0) is 49.7 Å². The zero-order chi connectivity index (χ0) is 18.8. The largest absolute Gasteiger partial charge is 0.446 e. The van der Waals surface area contributed by atoms with Gasteiger partial charge < -0.3 is 9.64 Å². The molecule has 142 valence electrons. The summed E-state index contributed by atoms with van der Waals surface area (Å²) in [6.45, 7) is 0.496. The van der Waals surface area contributed by atoms with E-state index in [1.807, 2.05) is 54.6 Å². The molecule has 2 aromatic rings. The molecule has 2 saturated heterocycles. The molecule has 0 aliphatic carbocycles. The first-order chi connectivity index (χ1) is 13.1. The predicted octanol–water partition coefficient (Wildman–Crippen LogP) is 5.22. The normalized spacial score (nSPS) is 24.6. The number of para-hydroxylation sites is 1. The maximum atomic E-state index is 13.1. The Bertz CT molecular complexity index is 767. The number of hydrogen-bond donors (Lipinski definition) is 0. The van der Waals surface area contributed by atoms with Crippen LogP contribution in [0.25, 0.3) is 0 Å². The summed E-state index contributed by atoms with van der Waals surface area (Å²) in [7, 11) is 2.20. The summed E-state index contributed by atoms with van der Waals surface area (Å²) in [4.78, 5) is 17.3. The van der Waals surface area contributed by atoms with Crippen molar-refractivity contribution in [2.24, 2.45) is 0 Å². The topological polar surface area (TPSA) is 32.8 Å². The maximum absolute atomic E-state index is 13.1. The number of hydrogen-bond acceptors (Lipinski definition) is 3. The second kappa shape index (κ2) is 8.03. The Hall–Kier alpha value is -1.85. The van der Waals surface area contributed by atoms with Gasteiger partial charge in [0.2, 0.25) is 0 Å². The van der Waals surface area contributed by atoms with Crippen molar-refractivity contribution in [3.63, 3.8) is 0 Å². The van der Waals surface area contributed by atoms with E-state index in [0.717, 1.165) is 28.6 Å². The van der Waals surface area contributed by atoms with Gasteiger partial charge in [0.25, 0.3) is 0 Å². The van der Waals surface area contributed by atoms with E-state index >= 15 is 0 Å². The number of nitrogens with zero attached hydrogens (tertiary/aromatic N) is 2. The van der Waals surface area contributed by atoms with E-state index in [0.29, 0.717) is 18.6 Å². The molecule has 0 aromatic heterocycles. The van der Waals surface area contributed by atoms with E-state index in [-0.39, 0.29) is 12.2 Å². The number of amides is 1. The molecule has 2 aliphatic rings. The van der Waals surface area contributed by atoms with Gasteiger partial charge in [-0.2, -0.15) is 0 Å². The Balaban J connectivity index is 1.49. The number of anilines is 1. The van der Waals surface area contributed by atoms with E-state index in [9.17, 15) is 4.79 Å². The third-order valence-electron chi connectivity index (χ3n) is 5.86. The van der Waals surface area contributed by atoms with Crippen LogP contribution in [-0.2, 0) is 11.3 Å². The minimum absolute atomic E-state index is 0.0160. The summed E-state index contributed by atoms with van der Waals surface area (Å²) in [5, 5.41) is 0. The molecule has 2 aliphatic heterocycles. The van der Waals surface area contributed by atoms with Crippen LogP contribution >= 0.6 is 15.9 Å². The van der Waals surface area contributed by atoms with Gasteiger partial charge in [-0.3, -0.25) is 4.90 Å². The van der Waals surface area contributed by atoms with Crippen LogP contribution in [0.2, 0.25) is 0 Å². The molecule has 3 atom stereocenters. The standard InChI is InChI=1S/C22H25BrN2O2/c1-24-19-11-12-20(24)14-21(13-19)27-22(26)25(18-5-3-2-4-6-18)15-16-7-9-17(23)10-8-16/h2-10,19-21H,11-15H2,1H3/t19-,20+,21?. The summed E-state index contributed by atoms with van der Waals surface area (Å²) in [6, 6.07) is 18.9. The minimum Gasteiger partial charge on any atom is -0.446 e. The average molecular weight is 429 g/mol. The average Bonchev–Trinajstić information content (AvgIpc) is 2.89. The van der Waals surface area contributed by atoms with Gasteiger partial charge >= 0.3 is 6.09 Å². The lowest BCUT2D eigenvalue weighted by molar-refractivity contribution is 0.0314. The number of ether oxygens (including phenoxy) is 1. The first-order valence-electron chi connectivity index (χ1n) is 9.60. The van der Waals surface area contributed by atoms with E-state index in [4.69, 9.17) is 4.74 Å². The van der Waals surface area contributed by atoms with Crippen LogP contribution < -0.4 is 4.90 Å². The van der Waals surface area contributed by atoms with E-state index in [1.165, 1.54) is 12.8 Å². The molecule has 0 saturated carbocycles. The first-order valence-corrected chi connectivity index (χ1v) is 10.4. The summed E-state index contributed by atoms with van der Waals surface area (Å²) in [5.41, 5.74) is 1.93. The Kier molecular flexibility index (Phi) is 5.50. The van der Waals surface area contributed by atoms with Crippen molar-refractivity contribution in [3.8, 4) is 0 Å². The highest BCUT2D eigenvalue weighted by Crippen LogP contribution is 2.36. The van der Waals surface area contributed by atoms with Crippen molar-refractivity contribution in [1.82, 2.24) is 4.90 Å². The van der Waals surface area contributed by atoms with Crippen molar-refractivity contribution in [1.29, 1.82) is 0 Å². The van der Waals surface area contributed by atoms with Crippen molar-refractivity contribution in [2.75, 3.05) is 11.9 Å². The van der Waals surface area contributed by atoms with E-state index in [1.54, 1.807) is 4.90 Å². The van der Waals surface area contributed by atoms with E-state index in [2.05, 4.69) is 27.9 Å². The fraction of sp³-hybridized carbons (Fsp3) is 0.409. The third kappa shape index (κ3) is 4.19. The number of benzene rings is 2. The van der Waals surface area contributed by atoms with Crippen LogP contribution in [0.3, 0.4) is 0 Å². The summed E-state index contributed by atoms with van der Waals surface area (Å²) in [5.74, 6) is 0. The SMILES string of the molecule is CN1[C@@H]2CC[C@H]1CC(OC(=O)N(Cc1ccc(Br)cc1)c1ccccc1)C2. The zero-order valence-electron chi connectivity index (χ0n) is 15.6. The molecule has 2 fully saturated rings. The molecule has 2 bridgehead atoms. The van der Waals surface area contributed by atoms with Crippen LogP contribution in [0.5, 0.6) is 0 Å². The van der Waals surface area contributed by atoms with Crippen molar-refractivity contribution < 1.29 is 9.53 Å². The van der Waals surface area contributed by atoms with E-state index < -0.39 is 0 Å². The second-order valence-corrected chi connectivity index (χ2v) is 8.49. The van der Waals surface area contributed by atoms with Crippen molar-refractivity contribution in [3.05, 3.63) is 64.6 Å². The maximum Gasteiger partial charge on any atom is 0.414 e. The molecule has 1 unspecified atom stereocenters. The molecule has 2 heterocycles. The highest BCUT2D eigenvalue weighted by Gasteiger charge is 2.40. The highest BCUT2D eigenvalue weighted by atomic mass is 79.9. The van der Waals surface area contributed by atoms with Gasteiger partial charge in [0.1, 0.15) is 6.10 Å². The van der Waals surface area contributed by atoms with Gasteiger partial charge in [-0.15, -0.1) is 0 Å². The second-order valence-electron chi connectivity index (χ2n) is 7.58. The fourth-order valence-electron chi connectivity index (χ4n) is 4.31. The quantitative estimate of drug-likeness (QED) is 0.669. The smallest absolute Gasteiger partial charge is 0.414 e. The van der Waals surface area contributed by atoms with Crippen LogP contribution in [-0.4, -0.2) is 36.2 Å². The molecule has 4 nitrogen and oxygen atoms in total. The molecule has 4 rings (SSSR count). The zero-order valence-corrected chi connectivity index (χ0v) is 17.1. The first kappa shape index (κ1) is 18.5. The molecule has 0 spiro atoms. The molecule has 2 aromatic carbocycles. The van der Waals surface area contributed by atoms with Crippen molar-refractivity contribution >= 4 is 27.7 Å². The van der Waals surface area contributed by atoms with Gasteiger partial charge in [-0.1, -0.05) is 46.3 Å². The van der Waals surface area contributed by atoms with Crippen LogP contribution in [0.15, 0.2) is 59.1 Å². The molecule has 27 heavy (non-hydrogen) atoms. The van der Waals surface area contributed by atoms with Gasteiger partial charge in [0.05, 0.1) is 6.54 Å². The monoisotopic (exact) mass is 428 g/mol. The number of fused-ring (bicyclic) bond motifs is 2. The summed E-state index contributed by atoms with van der Waals surface area (Å²) in [6.07, 6.45) is 4.09. The Morgan fingerprint density at radius 3 is 2.33 bits per heavy atom. The molecular weight excluding hydrogens is 404 g/mol. The molecule has 1 amide bonds. The predicted molar refractivity (Wildman–Crippen MR) is 111 cm³/mol. The van der Waals surface area contributed by atoms with Gasteiger partial charge in [0, 0.05) is 35.1 Å². The van der Waals surface area contributed by atoms with Gasteiger partial charge in [0.15, 0.2) is 0 Å². The van der Waals surface area contributed by atoms with Gasteiger partial charge in [-0.25, -0.2) is 4.79 Å². The minimum atomic E-state index is -0.252. The molecule has 0 radical (unpaired) electrons. The lowest BCUT2D eigenvalue weighted by atomic mass is 10.0. The molecule has 5 heteroatoms. The Morgan fingerprint density at radius 1 is 1.07 bits per heavy atom. The number of carbonyl (C=O) groups excluding carboxylic acids is 1. The van der Waals surface area contributed by atoms with Crippen molar-refractivity contribution in [2.45, 2.75) is 50.4 Å². The number of rotatable bonds is 4. The number of carbonyl (C=O) groups is 1. The van der Waals surface area contributed by atoms with Crippen LogP contribution in [0, 0.1) is 0 Å². The number of piperidine rings is 1. The number of halogens is 1. The van der Waals surface area contributed by atoms with Crippen LogP contribution in [0.1, 0.15) is 31.2 Å². The highest BCUT2D eigenvalue weighted by molar-refractivity contribution is 9.10. The molecule has 0 N–H and O–H groups in total. The molecular formula is C22H25BrN2O2. The third-order valence-corrected chi connectivity index (χ3v) is 6.39. The lowest BCUT2D eigenvalue weighted by Crippen LogP contribution is -2.45. The summed E-state index contributed by atoms with van der Waals surface area (Å²) < 4.78 is 7.01. The Morgan fingerprint density at radius 2 is 1.70 bits per heavy atom. The fourth-order valence-corrected chi connectivity index (χ4v) is 4.57. The Labute approximate surface area is 169 Å². The lowest BCUT2D eigenvalue weighted by Gasteiger charge is -2.36. The van der Waals surface area contributed by atoms with Crippen LogP contribution in [0.4, 0.5) is 10.5 Å².